The topological polar surface area (TPSA) is 38.7 Å². The fourth-order valence-corrected chi connectivity index (χ4v) is 7.57. The molecule has 0 aliphatic rings. The fourth-order valence-electron chi connectivity index (χ4n) is 7.57. The van der Waals surface area contributed by atoms with Gasteiger partial charge < -0.3 is 0 Å². The van der Waals surface area contributed by atoms with Crippen molar-refractivity contribution in [3.8, 4) is 67.3 Å². The van der Waals surface area contributed by atoms with E-state index < -0.39 is 0 Å². The molecule has 0 radical (unpaired) electrons. The maximum atomic E-state index is 4.94. The first-order valence-corrected chi connectivity index (χ1v) is 17.6. The number of hydrogen-bond donors (Lipinski definition) is 0. The van der Waals surface area contributed by atoms with Gasteiger partial charge in [-0.05, 0) is 125 Å². The Morgan fingerprint density at radius 2 is 0.788 bits per heavy atom. The number of pyridine rings is 3. The second-order valence-corrected chi connectivity index (χ2v) is 13.3. The highest BCUT2D eigenvalue weighted by atomic mass is 14.8. The van der Waals surface area contributed by atoms with Crippen molar-refractivity contribution < 1.29 is 0 Å². The van der Waals surface area contributed by atoms with Crippen LogP contribution in [0.1, 0.15) is 0 Å². The molecule has 3 aromatic heterocycles. The van der Waals surface area contributed by atoms with Gasteiger partial charge in [-0.1, -0.05) is 127 Å². The average Bonchev–Trinajstić information content (AvgIpc) is 3.23. The third kappa shape index (κ3) is 5.28. The van der Waals surface area contributed by atoms with E-state index in [2.05, 4.69) is 149 Å². The van der Waals surface area contributed by atoms with E-state index in [0.717, 1.165) is 39.5 Å². The molecule has 0 atom stereocenters. The average molecular weight is 662 g/mol. The Hall–Kier alpha value is -6.97. The molecule has 0 saturated heterocycles. The van der Waals surface area contributed by atoms with Crippen LogP contribution in [-0.4, -0.2) is 15.0 Å². The standard InChI is InChI=1S/C49H31N3/c1-3-26-50-44(14-1)46-30-41(31-47(52-46)45-15-2-4-27-51-45)33-18-16-32(17-19-33)37-10-6-11-38(28-37)39-12-7-13-40(29-39)42-24-22-36-21-20-34-8-5-9-35-23-25-43(42)49(36)48(34)35/h1-31H. The summed E-state index contributed by atoms with van der Waals surface area (Å²) in [6.07, 6.45) is 3.60. The van der Waals surface area contributed by atoms with Crippen LogP contribution in [0.4, 0.5) is 0 Å². The molecule has 0 amide bonds. The molecule has 3 heterocycles. The minimum absolute atomic E-state index is 0.819. The van der Waals surface area contributed by atoms with Gasteiger partial charge in [0.15, 0.2) is 0 Å². The molecule has 52 heavy (non-hydrogen) atoms. The summed E-state index contributed by atoms with van der Waals surface area (Å²) in [6.45, 7) is 0. The summed E-state index contributed by atoms with van der Waals surface area (Å²) in [7, 11) is 0. The van der Waals surface area contributed by atoms with E-state index in [1.165, 1.54) is 60.1 Å². The van der Waals surface area contributed by atoms with Gasteiger partial charge in [-0.2, -0.15) is 0 Å². The zero-order valence-electron chi connectivity index (χ0n) is 28.2. The Morgan fingerprint density at radius 1 is 0.288 bits per heavy atom. The molecule has 0 aliphatic carbocycles. The van der Waals surface area contributed by atoms with Crippen LogP contribution < -0.4 is 0 Å². The summed E-state index contributed by atoms with van der Waals surface area (Å²) in [4.78, 5) is 14.1. The van der Waals surface area contributed by atoms with Crippen LogP contribution in [-0.2, 0) is 0 Å². The van der Waals surface area contributed by atoms with E-state index >= 15 is 0 Å². The Kier molecular flexibility index (Phi) is 7.14. The Bertz CT molecular complexity index is 2810. The van der Waals surface area contributed by atoms with E-state index in [-0.39, 0.29) is 0 Å². The second-order valence-electron chi connectivity index (χ2n) is 13.3. The molecule has 3 nitrogen and oxygen atoms in total. The van der Waals surface area contributed by atoms with Crippen molar-refractivity contribution >= 4 is 32.3 Å². The number of benzene rings is 7. The van der Waals surface area contributed by atoms with Crippen molar-refractivity contribution in [1.29, 1.82) is 0 Å². The molecule has 10 rings (SSSR count). The lowest BCUT2D eigenvalue weighted by Crippen LogP contribution is -1.94. The van der Waals surface area contributed by atoms with Gasteiger partial charge in [0, 0.05) is 12.4 Å². The van der Waals surface area contributed by atoms with E-state index in [1.807, 2.05) is 36.4 Å². The summed E-state index contributed by atoms with van der Waals surface area (Å²) in [5.74, 6) is 0. The zero-order chi connectivity index (χ0) is 34.4. The first-order valence-electron chi connectivity index (χ1n) is 17.6. The summed E-state index contributed by atoms with van der Waals surface area (Å²) in [5, 5.41) is 7.84. The van der Waals surface area contributed by atoms with Gasteiger partial charge in [-0.15, -0.1) is 0 Å². The minimum Gasteiger partial charge on any atom is -0.255 e. The molecular formula is C49H31N3. The summed E-state index contributed by atoms with van der Waals surface area (Å²) < 4.78 is 0. The van der Waals surface area contributed by atoms with Crippen LogP contribution in [0, 0.1) is 0 Å². The molecule has 0 bridgehead atoms. The molecule has 10 aromatic rings. The monoisotopic (exact) mass is 661 g/mol. The van der Waals surface area contributed by atoms with Gasteiger partial charge in [0.25, 0.3) is 0 Å². The normalized spacial score (nSPS) is 11.5. The van der Waals surface area contributed by atoms with Gasteiger partial charge >= 0.3 is 0 Å². The van der Waals surface area contributed by atoms with Gasteiger partial charge in [0.05, 0.1) is 22.8 Å². The Balaban J connectivity index is 0.993. The third-order valence-corrected chi connectivity index (χ3v) is 10.1. The van der Waals surface area contributed by atoms with E-state index in [4.69, 9.17) is 4.98 Å². The molecule has 0 saturated carbocycles. The molecule has 0 aliphatic heterocycles. The van der Waals surface area contributed by atoms with Crippen LogP contribution >= 0.6 is 0 Å². The predicted molar refractivity (Wildman–Crippen MR) is 216 cm³/mol. The van der Waals surface area contributed by atoms with Gasteiger partial charge in [-0.3, -0.25) is 9.97 Å². The number of nitrogens with zero attached hydrogens (tertiary/aromatic N) is 3. The summed E-state index contributed by atoms with van der Waals surface area (Å²) >= 11 is 0. The summed E-state index contributed by atoms with van der Waals surface area (Å²) in [5.41, 5.74) is 12.7. The molecule has 7 aromatic carbocycles. The van der Waals surface area contributed by atoms with E-state index in [9.17, 15) is 0 Å². The van der Waals surface area contributed by atoms with E-state index in [1.54, 1.807) is 12.4 Å². The zero-order valence-corrected chi connectivity index (χ0v) is 28.2. The summed E-state index contributed by atoms with van der Waals surface area (Å²) in [6, 6.07) is 62.8. The highest BCUT2D eigenvalue weighted by molar-refractivity contribution is 6.25. The van der Waals surface area contributed by atoms with Gasteiger partial charge in [-0.25, -0.2) is 4.98 Å². The highest BCUT2D eigenvalue weighted by Gasteiger charge is 2.14. The molecule has 0 fully saturated rings. The van der Waals surface area contributed by atoms with Gasteiger partial charge in [0.2, 0.25) is 0 Å². The third-order valence-electron chi connectivity index (χ3n) is 10.1. The van der Waals surface area contributed by atoms with Crippen molar-refractivity contribution in [2.24, 2.45) is 0 Å². The Morgan fingerprint density at radius 3 is 1.40 bits per heavy atom. The van der Waals surface area contributed by atoms with Crippen molar-refractivity contribution in [3.63, 3.8) is 0 Å². The number of rotatable bonds is 6. The minimum atomic E-state index is 0.819. The van der Waals surface area contributed by atoms with Crippen LogP contribution in [0.25, 0.3) is 99.6 Å². The SMILES string of the molecule is c1ccc(-c2cc(-c3ccc(-c4cccc(-c5cccc(-c6ccc7ccc8cccc9ccc6c7c89)c5)c4)cc3)cc(-c3ccccn3)n2)nc1. The molecule has 0 unspecified atom stereocenters. The second kappa shape index (κ2) is 12.4. The number of hydrogen-bond acceptors (Lipinski definition) is 3. The molecule has 0 spiro atoms. The predicted octanol–water partition coefficient (Wildman–Crippen LogP) is 12.8. The smallest absolute Gasteiger partial charge is 0.0900 e. The quantitative estimate of drug-likeness (QED) is 0.166. The fraction of sp³-hybridized carbons (Fsp3) is 0. The first-order chi connectivity index (χ1) is 25.7. The van der Waals surface area contributed by atoms with Crippen molar-refractivity contribution in [1.82, 2.24) is 15.0 Å². The van der Waals surface area contributed by atoms with Crippen LogP contribution in [0.2, 0.25) is 0 Å². The van der Waals surface area contributed by atoms with Crippen LogP contribution in [0.3, 0.4) is 0 Å². The molecular weight excluding hydrogens is 631 g/mol. The Labute approximate surface area is 301 Å². The van der Waals surface area contributed by atoms with Crippen LogP contribution in [0.15, 0.2) is 188 Å². The van der Waals surface area contributed by atoms with Crippen molar-refractivity contribution in [3.05, 3.63) is 188 Å². The van der Waals surface area contributed by atoms with Gasteiger partial charge in [0.1, 0.15) is 0 Å². The maximum absolute atomic E-state index is 4.94. The first kappa shape index (κ1) is 29.9. The van der Waals surface area contributed by atoms with Crippen LogP contribution in [0.5, 0.6) is 0 Å². The lowest BCUT2D eigenvalue weighted by Gasteiger charge is -2.15. The maximum Gasteiger partial charge on any atom is 0.0900 e. The number of aromatic nitrogens is 3. The lowest BCUT2D eigenvalue weighted by atomic mass is 9.89. The molecule has 0 N–H and O–H groups in total. The highest BCUT2D eigenvalue weighted by Crippen LogP contribution is 2.40. The molecule has 3 heteroatoms. The van der Waals surface area contributed by atoms with Crippen molar-refractivity contribution in [2.45, 2.75) is 0 Å². The lowest BCUT2D eigenvalue weighted by molar-refractivity contribution is 1.22. The van der Waals surface area contributed by atoms with Crippen molar-refractivity contribution in [2.75, 3.05) is 0 Å². The molecule has 242 valence electrons. The van der Waals surface area contributed by atoms with E-state index in [0.29, 0.717) is 0 Å². The largest absolute Gasteiger partial charge is 0.255 e.